The molecule has 0 aliphatic carbocycles. The highest BCUT2D eigenvalue weighted by atomic mass is 16.5. The predicted molar refractivity (Wildman–Crippen MR) is 125 cm³/mol. The molecule has 0 radical (unpaired) electrons. The van der Waals surface area contributed by atoms with E-state index in [1.165, 1.54) is 0 Å². The van der Waals surface area contributed by atoms with E-state index in [1.54, 1.807) is 7.11 Å². The average molecular weight is 427 g/mol. The van der Waals surface area contributed by atoms with Gasteiger partial charge in [-0.05, 0) is 62.2 Å². The first-order valence-corrected chi connectivity index (χ1v) is 10.7. The number of carbonyl (C=O) groups is 1. The number of nitrogens with zero attached hydrogens (tertiary/aromatic N) is 1. The van der Waals surface area contributed by atoms with Gasteiger partial charge in [0.05, 0.1) is 20.2 Å². The first kappa shape index (κ1) is 24.1. The zero-order valence-electron chi connectivity index (χ0n) is 18.9. The van der Waals surface area contributed by atoms with Crippen LogP contribution in [0.25, 0.3) is 0 Å². The second kappa shape index (κ2) is 13.2. The lowest BCUT2D eigenvalue weighted by Gasteiger charge is -2.13. The number of hydrogen-bond donors (Lipinski definition) is 3. The summed E-state index contributed by atoms with van der Waals surface area (Å²) in [5.41, 5.74) is 1.69. The molecule has 0 aliphatic heterocycles. The van der Waals surface area contributed by atoms with Crippen LogP contribution in [0.15, 0.2) is 53.5 Å². The van der Waals surface area contributed by atoms with Crippen LogP contribution in [0.3, 0.4) is 0 Å². The molecule has 1 amide bonds. The van der Waals surface area contributed by atoms with Crippen molar-refractivity contribution >= 4 is 11.9 Å². The molecule has 168 valence electrons. The van der Waals surface area contributed by atoms with Gasteiger partial charge in [-0.25, -0.2) is 4.99 Å². The molecule has 0 saturated heterocycles. The zero-order chi connectivity index (χ0) is 22.5. The molecule has 2 aromatic carbocycles. The highest BCUT2D eigenvalue weighted by Gasteiger charge is 2.08. The molecule has 0 spiro atoms. The molecule has 0 bridgehead atoms. The maximum atomic E-state index is 12.2. The largest absolute Gasteiger partial charge is 0.497 e. The third kappa shape index (κ3) is 8.58. The Labute approximate surface area is 185 Å². The fourth-order valence-corrected chi connectivity index (χ4v) is 2.69. The summed E-state index contributed by atoms with van der Waals surface area (Å²) in [4.78, 5) is 16.8. The first-order valence-electron chi connectivity index (χ1n) is 10.7. The monoisotopic (exact) mass is 426 g/mol. The van der Waals surface area contributed by atoms with Gasteiger partial charge in [0.2, 0.25) is 0 Å². The lowest BCUT2D eigenvalue weighted by molar-refractivity contribution is 0.0939. The smallest absolute Gasteiger partial charge is 0.251 e. The minimum atomic E-state index is -0.0451. The summed E-state index contributed by atoms with van der Waals surface area (Å²) in [5.74, 6) is 2.27. The zero-order valence-corrected chi connectivity index (χ0v) is 18.9. The maximum Gasteiger partial charge on any atom is 0.251 e. The quantitative estimate of drug-likeness (QED) is 0.292. The van der Waals surface area contributed by atoms with Gasteiger partial charge in [-0.3, -0.25) is 4.79 Å². The lowest BCUT2D eigenvalue weighted by atomic mass is 10.1. The van der Waals surface area contributed by atoms with Gasteiger partial charge < -0.3 is 25.4 Å². The number of amides is 1. The van der Waals surface area contributed by atoms with Gasteiger partial charge in [-0.1, -0.05) is 19.1 Å². The van der Waals surface area contributed by atoms with Crippen LogP contribution in [-0.2, 0) is 6.54 Å². The summed E-state index contributed by atoms with van der Waals surface area (Å²) in [6, 6.07) is 15.2. The fourth-order valence-electron chi connectivity index (χ4n) is 2.69. The van der Waals surface area contributed by atoms with Crippen LogP contribution in [0.2, 0.25) is 0 Å². The minimum Gasteiger partial charge on any atom is -0.497 e. The maximum absolute atomic E-state index is 12.2. The Kier molecular flexibility index (Phi) is 10.2. The van der Waals surface area contributed by atoms with Gasteiger partial charge in [-0.2, -0.15) is 0 Å². The van der Waals surface area contributed by atoms with Crippen molar-refractivity contribution in [3.05, 3.63) is 59.7 Å². The Hall–Kier alpha value is -3.22. The third-order valence-electron chi connectivity index (χ3n) is 4.69. The number of hydrogen-bond acceptors (Lipinski definition) is 4. The summed E-state index contributed by atoms with van der Waals surface area (Å²) in [5, 5.41) is 9.47. The number of aliphatic imine (C=N–C) groups is 1. The van der Waals surface area contributed by atoms with E-state index in [0.29, 0.717) is 25.3 Å². The number of nitrogens with one attached hydrogen (secondary N) is 3. The molecule has 0 heterocycles. The molecular weight excluding hydrogens is 392 g/mol. The molecule has 31 heavy (non-hydrogen) atoms. The van der Waals surface area contributed by atoms with Crippen molar-refractivity contribution in [1.29, 1.82) is 0 Å². The van der Waals surface area contributed by atoms with Gasteiger partial charge in [-0.15, -0.1) is 0 Å². The number of benzene rings is 2. The highest BCUT2D eigenvalue weighted by Crippen LogP contribution is 2.16. The van der Waals surface area contributed by atoms with Crippen LogP contribution >= 0.6 is 0 Å². The van der Waals surface area contributed by atoms with Gasteiger partial charge in [0.15, 0.2) is 5.96 Å². The van der Waals surface area contributed by atoms with Crippen LogP contribution in [-0.4, -0.2) is 44.7 Å². The van der Waals surface area contributed by atoms with E-state index < -0.39 is 0 Å². The molecule has 2 aromatic rings. The lowest BCUT2D eigenvalue weighted by Crippen LogP contribution is -2.39. The summed E-state index contributed by atoms with van der Waals surface area (Å²) in [6.45, 7) is 8.48. The molecule has 0 saturated carbocycles. The van der Waals surface area contributed by atoms with Crippen LogP contribution < -0.4 is 25.4 Å². The molecule has 7 heteroatoms. The Morgan fingerprint density at radius 2 is 1.68 bits per heavy atom. The molecule has 0 fully saturated rings. The Morgan fingerprint density at radius 1 is 1.00 bits per heavy atom. The molecule has 2 rings (SSSR count). The van der Waals surface area contributed by atoms with Crippen LogP contribution in [0.1, 0.15) is 43.1 Å². The number of carbonyl (C=O) groups excluding carboxylic acids is 1. The van der Waals surface area contributed by atoms with E-state index in [2.05, 4.69) is 20.9 Å². The predicted octanol–water partition coefficient (Wildman–Crippen LogP) is 3.36. The summed E-state index contributed by atoms with van der Waals surface area (Å²) in [7, 11) is 1.64. The third-order valence-corrected chi connectivity index (χ3v) is 4.69. The number of ether oxygens (including phenoxy) is 2. The molecular formula is C24H34N4O3. The molecule has 0 aliphatic rings. The Balaban J connectivity index is 1.82. The molecule has 0 aromatic heterocycles. The van der Waals surface area contributed by atoms with Crippen LogP contribution in [0, 0.1) is 0 Å². The minimum absolute atomic E-state index is 0.0451. The normalized spacial score (nSPS) is 12.1. The van der Waals surface area contributed by atoms with E-state index in [0.717, 1.165) is 36.0 Å². The SMILES string of the molecule is CCNC(=NCc1ccc(C(=O)NC(C)CC)cc1)NCCOc1ccc(OC)cc1. The van der Waals surface area contributed by atoms with E-state index in [4.69, 9.17) is 9.47 Å². The van der Waals surface area contributed by atoms with E-state index in [1.807, 2.05) is 69.3 Å². The van der Waals surface area contributed by atoms with Crippen LogP contribution in [0.5, 0.6) is 11.5 Å². The highest BCUT2D eigenvalue weighted by molar-refractivity contribution is 5.94. The van der Waals surface area contributed by atoms with Gasteiger partial charge in [0.1, 0.15) is 18.1 Å². The van der Waals surface area contributed by atoms with Crippen LogP contribution in [0.4, 0.5) is 0 Å². The second-order valence-corrected chi connectivity index (χ2v) is 7.13. The van der Waals surface area contributed by atoms with Gasteiger partial charge >= 0.3 is 0 Å². The van der Waals surface area contributed by atoms with Crippen molar-refractivity contribution in [3.8, 4) is 11.5 Å². The molecule has 3 N–H and O–H groups in total. The van der Waals surface area contributed by atoms with Crippen molar-refractivity contribution < 1.29 is 14.3 Å². The molecule has 1 atom stereocenters. The van der Waals surface area contributed by atoms with E-state index in [-0.39, 0.29) is 11.9 Å². The van der Waals surface area contributed by atoms with Gasteiger partial charge in [0, 0.05) is 18.2 Å². The molecule has 1 unspecified atom stereocenters. The standard InChI is InChI=1S/C24H34N4O3/c1-5-18(3)28-23(29)20-9-7-19(8-10-20)17-27-24(25-6-2)26-15-16-31-22-13-11-21(30-4)12-14-22/h7-14,18H,5-6,15-17H2,1-4H3,(H,28,29)(H2,25,26,27). The topological polar surface area (TPSA) is 84.0 Å². The van der Waals surface area contributed by atoms with Crippen molar-refractivity contribution in [2.75, 3.05) is 26.8 Å². The number of guanidine groups is 1. The fraction of sp³-hybridized carbons (Fsp3) is 0.417. The van der Waals surface area contributed by atoms with E-state index >= 15 is 0 Å². The number of rotatable bonds is 11. The second-order valence-electron chi connectivity index (χ2n) is 7.13. The average Bonchev–Trinajstić information content (AvgIpc) is 2.80. The van der Waals surface area contributed by atoms with Gasteiger partial charge in [0.25, 0.3) is 5.91 Å². The van der Waals surface area contributed by atoms with Crippen molar-refractivity contribution in [1.82, 2.24) is 16.0 Å². The summed E-state index contributed by atoms with van der Waals surface area (Å²) >= 11 is 0. The molecule has 7 nitrogen and oxygen atoms in total. The van der Waals surface area contributed by atoms with Crippen molar-refractivity contribution in [2.45, 2.75) is 39.8 Å². The van der Waals surface area contributed by atoms with Crippen molar-refractivity contribution in [3.63, 3.8) is 0 Å². The number of methoxy groups -OCH3 is 1. The first-order chi connectivity index (χ1) is 15.0. The Bertz CT molecular complexity index is 820. The van der Waals surface area contributed by atoms with E-state index in [9.17, 15) is 4.79 Å². The summed E-state index contributed by atoms with van der Waals surface area (Å²) in [6.07, 6.45) is 0.907. The van der Waals surface area contributed by atoms with Crippen molar-refractivity contribution in [2.24, 2.45) is 4.99 Å². The summed E-state index contributed by atoms with van der Waals surface area (Å²) < 4.78 is 10.9. The Morgan fingerprint density at radius 3 is 2.29 bits per heavy atom.